The highest BCUT2D eigenvalue weighted by Gasteiger charge is 2.09. The van der Waals surface area contributed by atoms with Gasteiger partial charge >= 0.3 is 0 Å². The fourth-order valence-electron chi connectivity index (χ4n) is 2.03. The van der Waals surface area contributed by atoms with E-state index in [1.807, 2.05) is 30.3 Å². The van der Waals surface area contributed by atoms with Crippen LogP contribution in [0.1, 0.15) is 18.9 Å². The van der Waals surface area contributed by atoms with E-state index < -0.39 is 0 Å². The minimum Gasteiger partial charge on any atom is -0.347 e. The van der Waals surface area contributed by atoms with Crippen LogP contribution in [0.3, 0.4) is 0 Å². The van der Waals surface area contributed by atoms with Gasteiger partial charge in [-0.2, -0.15) is 0 Å². The van der Waals surface area contributed by atoms with Crippen molar-refractivity contribution in [3.05, 3.63) is 70.4 Å². The van der Waals surface area contributed by atoms with Crippen LogP contribution < -0.4 is 10.6 Å². The smallest absolute Gasteiger partial charge is 0.259 e. The summed E-state index contributed by atoms with van der Waals surface area (Å²) in [6.45, 7) is 2.05. The molecular weight excluding hydrogens is 348 g/mol. The Hall–Kier alpha value is -2.93. The van der Waals surface area contributed by atoms with E-state index in [0.717, 1.165) is 5.56 Å². The molecule has 0 aromatic heterocycles. The third kappa shape index (κ3) is 6.18. The number of allylic oxidation sites excluding steroid dienone is 3. The average Bonchev–Trinajstić information content (AvgIpc) is 2.95. The minimum absolute atomic E-state index is 0.190. The molecule has 1 aliphatic rings. The van der Waals surface area contributed by atoms with Gasteiger partial charge in [0.1, 0.15) is 0 Å². The molecule has 134 valence electrons. The Kier molecular flexibility index (Phi) is 7.57. The number of aliphatic imine (C=N–C) groups is 2. The van der Waals surface area contributed by atoms with Gasteiger partial charge in [0.2, 0.25) is 0 Å². The molecule has 0 atom stereocenters. The van der Waals surface area contributed by atoms with Gasteiger partial charge in [-0.25, -0.2) is 4.99 Å². The van der Waals surface area contributed by atoms with Crippen LogP contribution in [0.15, 0.2) is 74.8 Å². The van der Waals surface area contributed by atoms with E-state index in [1.165, 1.54) is 6.34 Å². The van der Waals surface area contributed by atoms with Crippen molar-refractivity contribution < 1.29 is 9.59 Å². The maximum Gasteiger partial charge on any atom is 0.259 e. The second-order valence-electron chi connectivity index (χ2n) is 5.40. The van der Waals surface area contributed by atoms with E-state index in [9.17, 15) is 9.59 Å². The second kappa shape index (κ2) is 10.1. The number of hydrogen-bond donors (Lipinski definition) is 3. The fraction of sp³-hybridized carbons (Fsp3) is 0.158. The molecule has 2 amide bonds. The van der Waals surface area contributed by atoms with Crippen molar-refractivity contribution in [3.8, 4) is 0 Å². The lowest BCUT2D eigenvalue weighted by molar-refractivity contribution is -0.117. The van der Waals surface area contributed by atoms with Gasteiger partial charge in [-0.05, 0) is 18.6 Å². The molecule has 6 nitrogen and oxygen atoms in total. The number of nitrogens with zero attached hydrogens (tertiary/aromatic N) is 2. The van der Waals surface area contributed by atoms with Crippen molar-refractivity contribution in [1.29, 1.82) is 0 Å². The van der Waals surface area contributed by atoms with Crippen LogP contribution in [0.25, 0.3) is 0 Å². The molecule has 0 unspecified atom stereocenters. The number of amides is 2. The highest BCUT2D eigenvalue weighted by Crippen LogP contribution is 2.10. The molecule has 0 saturated heterocycles. The standard InChI is InChI=1S/C19H20N4O2S/c1-14(17(26)19(25)21-12-15-6-3-2-4-7-15)22-13-23-18(24)16-8-5-10-20-11-9-16/h2-8,10-11,13,26H,9,12H2,1H3,(H,21,25)(H,22,23,24)/b17-14-. The zero-order valence-electron chi connectivity index (χ0n) is 14.3. The first-order valence-corrected chi connectivity index (χ1v) is 8.45. The van der Waals surface area contributed by atoms with Crippen molar-refractivity contribution in [2.75, 3.05) is 0 Å². The zero-order chi connectivity index (χ0) is 18.8. The van der Waals surface area contributed by atoms with Crippen molar-refractivity contribution in [3.63, 3.8) is 0 Å². The van der Waals surface area contributed by atoms with Gasteiger partial charge in [-0.1, -0.05) is 36.4 Å². The van der Waals surface area contributed by atoms with Gasteiger partial charge < -0.3 is 10.6 Å². The molecule has 1 heterocycles. The van der Waals surface area contributed by atoms with Crippen LogP contribution in [0.2, 0.25) is 0 Å². The predicted molar refractivity (Wildman–Crippen MR) is 107 cm³/mol. The van der Waals surface area contributed by atoms with Crippen molar-refractivity contribution in [2.24, 2.45) is 9.98 Å². The summed E-state index contributed by atoms with van der Waals surface area (Å²) >= 11 is 4.21. The molecule has 0 radical (unpaired) electrons. The largest absolute Gasteiger partial charge is 0.347 e. The Balaban J connectivity index is 1.88. The Morgan fingerprint density at radius 3 is 2.85 bits per heavy atom. The average molecular weight is 368 g/mol. The van der Waals surface area contributed by atoms with Crippen molar-refractivity contribution in [1.82, 2.24) is 10.6 Å². The maximum absolute atomic E-state index is 12.1. The quantitative estimate of drug-likeness (QED) is 0.312. The summed E-state index contributed by atoms with van der Waals surface area (Å²) < 4.78 is 0. The van der Waals surface area contributed by atoms with Gasteiger partial charge in [0, 0.05) is 31.0 Å². The number of thiol groups is 1. The highest BCUT2D eigenvalue weighted by molar-refractivity contribution is 7.85. The SMILES string of the molecule is C/C(N=CNC(=O)C1=CC=CN=CC1)=C(/S)C(=O)NCc1ccccc1. The van der Waals surface area contributed by atoms with Crippen LogP contribution in [-0.4, -0.2) is 24.4 Å². The van der Waals surface area contributed by atoms with Crippen LogP contribution >= 0.6 is 12.6 Å². The predicted octanol–water partition coefficient (Wildman–Crippen LogP) is 2.52. The summed E-state index contributed by atoms with van der Waals surface area (Å²) in [5, 5.41) is 5.34. The number of hydrogen-bond acceptors (Lipinski definition) is 5. The molecular formula is C19H20N4O2S. The highest BCUT2D eigenvalue weighted by atomic mass is 32.1. The fourth-order valence-corrected chi connectivity index (χ4v) is 2.16. The van der Waals surface area contributed by atoms with E-state index in [4.69, 9.17) is 0 Å². The summed E-state index contributed by atoms with van der Waals surface area (Å²) in [5.41, 5.74) is 1.96. The Morgan fingerprint density at radius 1 is 1.31 bits per heavy atom. The Labute approximate surface area is 157 Å². The molecule has 1 aromatic carbocycles. The van der Waals surface area contributed by atoms with E-state index in [1.54, 1.807) is 31.5 Å². The number of nitrogens with one attached hydrogen (secondary N) is 2. The number of benzene rings is 1. The first-order chi connectivity index (χ1) is 12.6. The zero-order valence-corrected chi connectivity index (χ0v) is 15.2. The lowest BCUT2D eigenvalue weighted by atomic mass is 10.2. The number of rotatable bonds is 6. The molecule has 1 aromatic rings. The summed E-state index contributed by atoms with van der Waals surface area (Å²) in [6, 6.07) is 9.57. The lowest BCUT2D eigenvalue weighted by Gasteiger charge is -2.06. The first-order valence-electron chi connectivity index (χ1n) is 8.00. The van der Waals surface area contributed by atoms with E-state index in [2.05, 4.69) is 33.2 Å². The van der Waals surface area contributed by atoms with Crippen LogP contribution in [0.5, 0.6) is 0 Å². The van der Waals surface area contributed by atoms with Crippen molar-refractivity contribution >= 4 is 37.0 Å². The van der Waals surface area contributed by atoms with E-state index in [-0.39, 0.29) is 16.7 Å². The number of carbonyl (C=O) groups excluding carboxylic acids is 2. The summed E-state index contributed by atoms with van der Waals surface area (Å²) in [4.78, 5) is 32.3. The summed E-state index contributed by atoms with van der Waals surface area (Å²) in [7, 11) is 0. The summed E-state index contributed by atoms with van der Waals surface area (Å²) in [5.74, 6) is -0.597. The summed E-state index contributed by atoms with van der Waals surface area (Å²) in [6.07, 6.45) is 8.36. The molecule has 0 fully saturated rings. The number of carbonyl (C=O) groups is 2. The maximum atomic E-state index is 12.1. The van der Waals surface area contributed by atoms with Crippen LogP contribution in [0, 0.1) is 0 Å². The monoisotopic (exact) mass is 368 g/mol. The second-order valence-corrected chi connectivity index (χ2v) is 5.85. The normalized spacial score (nSPS) is 14.5. The lowest BCUT2D eigenvalue weighted by Crippen LogP contribution is -2.24. The van der Waals surface area contributed by atoms with E-state index >= 15 is 0 Å². The molecule has 0 bridgehead atoms. The van der Waals surface area contributed by atoms with Gasteiger partial charge in [0.15, 0.2) is 0 Å². The van der Waals surface area contributed by atoms with Crippen LogP contribution in [-0.2, 0) is 16.1 Å². The molecule has 1 aliphatic heterocycles. The molecule has 0 saturated carbocycles. The molecule has 2 rings (SSSR count). The molecule has 0 aliphatic carbocycles. The van der Waals surface area contributed by atoms with E-state index in [0.29, 0.717) is 24.2 Å². The van der Waals surface area contributed by atoms with Gasteiger partial charge in [-0.15, -0.1) is 12.6 Å². The third-order valence-electron chi connectivity index (χ3n) is 3.49. The van der Waals surface area contributed by atoms with Crippen molar-refractivity contribution in [2.45, 2.75) is 19.9 Å². The molecule has 7 heteroatoms. The van der Waals surface area contributed by atoms with Gasteiger partial charge in [0.25, 0.3) is 11.8 Å². The van der Waals surface area contributed by atoms with Crippen LogP contribution in [0.4, 0.5) is 0 Å². The minimum atomic E-state index is -0.328. The molecule has 2 N–H and O–H groups in total. The third-order valence-corrected chi connectivity index (χ3v) is 4.01. The molecule has 0 spiro atoms. The van der Waals surface area contributed by atoms with Gasteiger partial charge in [-0.3, -0.25) is 14.6 Å². The molecule has 26 heavy (non-hydrogen) atoms. The van der Waals surface area contributed by atoms with Gasteiger partial charge in [0.05, 0.1) is 16.9 Å². The Bertz CT molecular complexity index is 808. The Morgan fingerprint density at radius 2 is 2.08 bits per heavy atom. The topological polar surface area (TPSA) is 82.9 Å². The first kappa shape index (κ1) is 19.4.